The van der Waals surface area contributed by atoms with Crippen LogP contribution in [-0.2, 0) is 11.3 Å². The van der Waals surface area contributed by atoms with Crippen LogP contribution in [0.25, 0.3) is 5.65 Å². The van der Waals surface area contributed by atoms with Gasteiger partial charge in [-0.05, 0) is 62.6 Å². The summed E-state index contributed by atoms with van der Waals surface area (Å²) in [7, 11) is 0. The number of hydrogen-bond acceptors (Lipinski definition) is 4. The van der Waals surface area contributed by atoms with Crippen molar-refractivity contribution in [3.8, 4) is 0 Å². The van der Waals surface area contributed by atoms with Crippen LogP contribution in [0, 0.1) is 33.5 Å². The first kappa shape index (κ1) is 19.8. The lowest BCUT2D eigenvalue weighted by atomic mass is 10.0. The molecule has 1 amide bonds. The number of aryl methyl sites for hydroxylation is 4. The summed E-state index contributed by atoms with van der Waals surface area (Å²) in [6.07, 6.45) is 1.86. The van der Waals surface area contributed by atoms with Gasteiger partial charge in [-0.25, -0.2) is 9.37 Å². The van der Waals surface area contributed by atoms with Gasteiger partial charge in [-0.3, -0.25) is 4.79 Å². The normalized spacial score (nSPS) is 11.1. The van der Waals surface area contributed by atoms with Crippen molar-refractivity contribution < 1.29 is 14.3 Å². The van der Waals surface area contributed by atoms with Crippen molar-refractivity contribution >= 4 is 22.9 Å². The van der Waals surface area contributed by atoms with Crippen molar-refractivity contribution in [2.45, 2.75) is 40.7 Å². The first-order chi connectivity index (χ1) is 13.3. The monoisotopic (exact) mass is 384 g/mol. The van der Waals surface area contributed by atoms with E-state index < -0.39 is 0 Å². The highest BCUT2D eigenvalue weighted by Crippen LogP contribution is 2.26. The van der Waals surface area contributed by atoms with Gasteiger partial charge in [0.1, 0.15) is 5.82 Å². The van der Waals surface area contributed by atoms with Gasteiger partial charge in [0.05, 0.1) is 30.1 Å². The van der Waals surface area contributed by atoms with Crippen LogP contribution in [0.4, 0.5) is 15.8 Å². The Bertz CT molecular complexity index is 1020. The maximum atomic E-state index is 13.6. The fraction of sp³-hybridized carbons (Fsp3) is 0.333. The molecular formula is C21H25FN4O2. The van der Waals surface area contributed by atoms with Crippen molar-refractivity contribution in [1.29, 1.82) is 0 Å². The number of anilines is 2. The van der Waals surface area contributed by atoms with Crippen molar-refractivity contribution in [2.24, 2.45) is 0 Å². The number of benzene rings is 1. The third-order valence-electron chi connectivity index (χ3n) is 4.93. The molecule has 0 saturated carbocycles. The van der Waals surface area contributed by atoms with Gasteiger partial charge in [0.15, 0.2) is 5.65 Å². The molecule has 6 nitrogen and oxygen atoms in total. The van der Waals surface area contributed by atoms with Gasteiger partial charge in [0, 0.05) is 18.4 Å². The number of nitrogens with one attached hydrogen (secondary N) is 2. The highest BCUT2D eigenvalue weighted by molar-refractivity contribution is 5.92. The highest BCUT2D eigenvalue weighted by Gasteiger charge is 2.13. The summed E-state index contributed by atoms with van der Waals surface area (Å²) in [5.41, 5.74) is 6.79. The summed E-state index contributed by atoms with van der Waals surface area (Å²) in [4.78, 5) is 16.5. The Balaban J connectivity index is 1.97. The number of carbonyl (C=O) groups excluding carboxylic acids is 1. The Morgan fingerprint density at radius 1 is 1.18 bits per heavy atom. The Morgan fingerprint density at radius 2 is 1.86 bits per heavy atom. The molecular weight excluding hydrogens is 359 g/mol. The lowest BCUT2D eigenvalue weighted by molar-refractivity contribution is -0.116. The van der Waals surface area contributed by atoms with Crippen molar-refractivity contribution in [3.05, 3.63) is 58.3 Å². The fourth-order valence-corrected chi connectivity index (χ4v) is 3.30. The number of aliphatic hydroxyl groups excluding tert-OH is 1. The van der Waals surface area contributed by atoms with E-state index in [1.807, 2.05) is 44.4 Å². The molecule has 0 bridgehead atoms. The molecule has 148 valence electrons. The zero-order valence-corrected chi connectivity index (χ0v) is 16.6. The van der Waals surface area contributed by atoms with E-state index in [0.717, 1.165) is 39.4 Å². The molecule has 2 aromatic heterocycles. The molecule has 3 N–H and O–H groups in total. The van der Waals surface area contributed by atoms with E-state index in [4.69, 9.17) is 5.11 Å². The van der Waals surface area contributed by atoms with Crippen LogP contribution in [0.15, 0.2) is 24.4 Å². The number of carbonyl (C=O) groups is 1. The quantitative estimate of drug-likeness (QED) is 0.606. The number of imidazole rings is 1. The lowest BCUT2D eigenvalue weighted by Gasteiger charge is -2.15. The van der Waals surface area contributed by atoms with E-state index in [2.05, 4.69) is 15.6 Å². The molecule has 0 unspecified atom stereocenters. The molecule has 1 aromatic carbocycles. The molecule has 0 aliphatic heterocycles. The zero-order chi connectivity index (χ0) is 20.4. The molecule has 0 saturated heterocycles. The Kier molecular flexibility index (Phi) is 5.65. The maximum absolute atomic E-state index is 13.6. The van der Waals surface area contributed by atoms with Gasteiger partial charge in [-0.1, -0.05) is 0 Å². The van der Waals surface area contributed by atoms with Crippen LogP contribution in [-0.4, -0.2) is 27.0 Å². The number of aliphatic hydroxyl groups is 1. The number of hydrogen-bond donors (Lipinski definition) is 3. The van der Waals surface area contributed by atoms with Crippen LogP contribution < -0.4 is 10.6 Å². The average molecular weight is 384 g/mol. The molecule has 3 aromatic rings. The molecule has 0 atom stereocenters. The molecule has 3 rings (SSSR count). The zero-order valence-electron chi connectivity index (χ0n) is 16.6. The van der Waals surface area contributed by atoms with E-state index in [1.165, 1.54) is 12.1 Å². The van der Waals surface area contributed by atoms with Gasteiger partial charge in [0.25, 0.3) is 0 Å². The SMILES string of the molecule is Cc1cc(F)cc(C)c1CNc1cc(NC(=O)CCO)cn2c(C)c(C)nc12. The number of rotatable bonds is 6. The smallest absolute Gasteiger partial charge is 0.226 e. The Morgan fingerprint density at radius 3 is 2.50 bits per heavy atom. The number of amides is 1. The minimum absolute atomic E-state index is 0.0384. The van der Waals surface area contributed by atoms with E-state index in [-0.39, 0.29) is 24.8 Å². The summed E-state index contributed by atoms with van der Waals surface area (Å²) in [5, 5.41) is 15.1. The minimum atomic E-state index is -0.257. The van der Waals surface area contributed by atoms with Crippen molar-refractivity contribution in [3.63, 3.8) is 0 Å². The third-order valence-corrected chi connectivity index (χ3v) is 4.93. The second-order valence-electron chi connectivity index (χ2n) is 7.01. The average Bonchev–Trinajstić information content (AvgIpc) is 2.89. The predicted octanol–water partition coefficient (Wildman–Crippen LogP) is 3.64. The topological polar surface area (TPSA) is 78.7 Å². The summed E-state index contributed by atoms with van der Waals surface area (Å²) in [6.45, 7) is 7.98. The number of nitrogens with zero attached hydrogens (tertiary/aromatic N) is 2. The number of fused-ring (bicyclic) bond motifs is 1. The number of aromatic nitrogens is 2. The summed E-state index contributed by atoms with van der Waals surface area (Å²) in [6, 6.07) is 4.87. The van der Waals surface area contributed by atoms with Gasteiger partial charge < -0.3 is 20.1 Å². The molecule has 0 aliphatic carbocycles. The van der Waals surface area contributed by atoms with Gasteiger partial charge in [-0.2, -0.15) is 0 Å². The molecule has 7 heteroatoms. The van der Waals surface area contributed by atoms with E-state index in [9.17, 15) is 9.18 Å². The molecule has 0 spiro atoms. The van der Waals surface area contributed by atoms with Crippen LogP contribution in [0.5, 0.6) is 0 Å². The van der Waals surface area contributed by atoms with Crippen molar-refractivity contribution in [2.75, 3.05) is 17.2 Å². The van der Waals surface area contributed by atoms with Crippen LogP contribution in [0.3, 0.4) is 0 Å². The first-order valence-corrected chi connectivity index (χ1v) is 9.19. The summed E-state index contributed by atoms with van der Waals surface area (Å²) in [5.74, 6) is -0.498. The summed E-state index contributed by atoms with van der Waals surface area (Å²) >= 11 is 0. The Hall–Kier alpha value is -2.93. The highest BCUT2D eigenvalue weighted by atomic mass is 19.1. The Labute approximate surface area is 163 Å². The summed E-state index contributed by atoms with van der Waals surface area (Å²) < 4.78 is 15.5. The van der Waals surface area contributed by atoms with E-state index in [0.29, 0.717) is 12.2 Å². The molecule has 0 aliphatic rings. The minimum Gasteiger partial charge on any atom is -0.396 e. The van der Waals surface area contributed by atoms with E-state index >= 15 is 0 Å². The van der Waals surface area contributed by atoms with Crippen LogP contribution >= 0.6 is 0 Å². The fourth-order valence-electron chi connectivity index (χ4n) is 3.30. The number of halogens is 1. The largest absolute Gasteiger partial charge is 0.396 e. The standard InChI is InChI=1S/C21H25FN4O2/c1-12-7-16(22)8-13(2)18(12)10-23-19-9-17(25-20(28)5-6-27)11-26-15(4)14(3)24-21(19)26/h7-9,11,23,27H,5-6,10H2,1-4H3,(H,25,28). The van der Waals surface area contributed by atoms with Crippen molar-refractivity contribution in [1.82, 2.24) is 9.38 Å². The molecule has 28 heavy (non-hydrogen) atoms. The first-order valence-electron chi connectivity index (χ1n) is 9.19. The second kappa shape index (κ2) is 7.98. The predicted molar refractivity (Wildman–Crippen MR) is 108 cm³/mol. The van der Waals surface area contributed by atoms with Crippen LogP contribution in [0.2, 0.25) is 0 Å². The third kappa shape index (κ3) is 3.99. The molecule has 0 fully saturated rings. The van der Waals surface area contributed by atoms with Crippen LogP contribution in [0.1, 0.15) is 34.5 Å². The van der Waals surface area contributed by atoms with Gasteiger partial charge >= 0.3 is 0 Å². The number of pyridine rings is 1. The lowest BCUT2D eigenvalue weighted by Crippen LogP contribution is -2.14. The maximum Gasteiger partial charge on any atom is 0.226 e. The van der Waals surface area contributed by atoms with E-state index in [1.54, 1.807) is 0 Å². The molecule has 2 heterocycles. The van der Waals surface area contributed by atoms with Gasteiger partial charge in [-0.15, -0.1) is 0 Å². The molecule has 0 radical (unpaired) electrons. The second-order valence-corrected chi connectivity index (χ2v) is 7.01. The van der Waals surface area contributed by atoms with Gasteiger partial charge in [0.2, 0.25) is 5.91 Å².